The van der Waals surface area contributed by atoms with E-state index in [0.29, 0.717) is 32.8 Å². The summed E-state index contributed by atoms with van der Waals surface area (Å²) in [5.41, 5.74) is 3.08. The molecule has 180 valence electrons. The van der Waals surface area contributed by atoms with Crippen molar-refractivity contribution < 1.29 is 29.2 Å². The molecule has 0 atom stereocenters. The van der Waals surface area contributed by atoms with Crippen LogP contribution in [0.15, 0.2) is 18.2 Å². The molecule has 1 aliphatic carbocycles. The van der Waals surface area contributed by atoms with E-state index in [-0.39, 0.29) is 30.0 Å². The fourth-order valence-corrected chi connectivity index (χ4v) is 5.19. The molecule has 6 nitrogen and oxygen atoms in total. The molecule has 1 aromatic rings. The lowest BCUT2D eigenvalue weighted by Crippen LogP contribution is -2.61. The van der Waals surface area contributed by atoms with Gasteiger partial charge in [0.15, 0.2) is 11.6 Å². The molecule has 32 heavy (non-hydrogen) atoms. The van der Waals surface area contributed by atoms with Gasteiger partial charge >= 0.3 is 0 Å². The summed E-state index contributed by atoms with van der Waals surface area (Å²) in [6.45, 7) is 10.3. The second kappa shape index (κ2) is 8.97. The average molecular weight is 449 g/mol. The summed E-state index contributed by atoms with van der Waals surface area (Å²) in [5, 5.41) is 19.9. The van der Waals surface area contributed by atoms with Crippen molar-refractivity contribution in [2.45, 2.75) is 77.3 Å². The molecule has 4 rings (SSSR count). The second-order valence-electron chi connectivity index (χ2n) is 10.6. The highest BCUT2D eigenvalue weighted by Crippen LogP contribution is 2.53. The van der Waals surface area contributed by atoms with Crippen LogP contribution in [-0.2, 0) is 18.9 Å². The van der Waals surface area contributed by atoms with Crippen LogP contribution in [0.1, 0.15) is 68.6 Å². The maximum absolute atomic E-state index is 9.94. The first-order valence-electron chi connectivity index (χ1n) is 12.1. The minimum Gasteiger partial charge on any atom is -0.396 e. The van der Waals surface area contributed by atoms with Crippen LogP contribution in [0.4, 0.5) is 0 Å². The standard InChI is InChI=1S/C26H40O6/c1-5-23(13-27)15-29-25(30-16-23)10-22(21-8-7-19(3)20(4)9-21)11-26(12-25)31-17-24(6-2,14-28)18-32-26/h7-9,22,27-28H,5-6,10-18H2,1-4H3. The van der Waals surface area contributed by atoms with Gasteiger partial charge in [-0.3, -0.25) is 0 Å². The molecule has 3 aliphatic rings. The van der Waals surface area contributed by atoms with Crippen molar-refractivity contribution >= 4 is 0 Å². The third kappa shape index (κ3) is 4.38. The van der Waals surface area contributed by atoms with Crippen molar-refractivity contribution in [1.29, 1.82) is 0 Å². The minimum absolute atomic E-state index is 0.0494. The lowest BCUT2D eigenvalue weighted by molar-refractivity contribution is -0.393. The second-order valence-corrected chi connectivity index (χ2v) is 10.6. The quantitative estimate of drug-likeness (QED) is 0.713. The van der Waals surface area contributed by atoms with Gasteiger partial charge < -0.3 is 29.2 Å². The van der Waals surface area contributed by atoms with Gasteiger partial charge in [0.2, 0.25) is 0 Å². The largest absolute Gasteiger partial charge is 0.396 e. The molecule has 0 amide bonds. The van der Waals surface area contributed by atoms with Gasteiger partial charge in [0.25, 0.3) is 0 Å². The first kappa shape index (κ1) is 24.1. The van der Waals surface area contributed by atoms with E-state index in [1.54, 1.807) is 0 Å². The lowest BCUT2D eigenvalue weighted by Gasteiger charge is -2.56. The van der Waals surface area contributed by atoms with E-state index in [9.17, 15) is 10.2 Å². The van der Waals surface area contributed by atoms with Crippen LogP contribution >= 0.6 is 0 Å². The van der Waals surface area contributed by atoms with Crippen LogP contribution in [-0.4, -0.2) is 61.4 Å². The van der Waals surface area contributed by atoms with E-state index >= 15 is 0 Å². The summed E-state index contributed by atoms with van der Waals surface area (Å²) in [5.74, 6) is -1.45. The summed E-state index contributed by atoms with van der Waals surface area (Å²) >= 11 is 0. The van der Waals surface area contributed by atoms with Gasteiger partial charge in [-0.15, -0.1) is 0 Å². The Balaban J connectivity index is 1.62. The molecule has 0 unspecified atom stereocenters. The highest BCUT2D eigenvalue weighted by Gasteiger charge is 2.57. The minimum atomic E-state index is -0.805. The smallest absolute Gasteiger partial charge is 0.174 e. The van der Waals surface area contributed by atoms with Crippen LogP contribution in [0.3, 0.4) is 0 Å². The number of aliphatic hydroxyl groups is 2. The predicted octanol–water partition coefficient (Wildman–Crippen LogP) is 3.83. The van der Waals surface area contributed by atoms with Crippen molar-refractivity contribution in [1.82, 2.24) is 0 Å². The fraction of sp³-hybridized carbons (Fsp3) is 0.769. The maximum atomic E-state index is 9.94. The van der Waals surface area contributed by atoms with Crippen molar-refractivity contribution in [3.8, 4) is 0 Å². The number of benzene rings is 1. The number of hydrogen-bond donors (Lipinski definition) is 2. The first-order valence-corrected chi connectivity index (χ1v) is 12.1. The van der Waals surface area contributed by atoms with Gasteiger partial charge in [-0.1, -0.05) is 32.0 Å². The van der Waals surface area contributed by atoms with E-state index in [1.165, 1.54) is 16.7 Å². The normalized spacial score (nSPS) is 40.1. The van der Waals surface area contributed by atoms with Crippen molar-refractivity contribution in [3.63, 3.8) is 0 Å². The molecule has 0 bridgehead atoms. The van der Waals surface area contributed by atoms with E-state index in [4.69, 9.17) is 18.9 Å². The third-order valence-corrected chi connectivity index (χ3v) is 8.39. The van der Waals surface area contributed by atoms with E-state index < -0.39 is 11.6 Å². The SMILES string of the molecule is CCC1(CO)COC2(CC(c3ccc(C)c(C)c3)CC3(C2)OCC(CC)(CO)CO3)OC1. The van der Waals surface area contributed by atoms with Crippen LogP contribution in [0.5, 0.6) is 0 Å². The van der Waals surface area contributed by atoms with E-state index in [2.05, 4.69) is 45.9 Å². The Hall–Kier alpha value is -1.02. The van der Waals surface area contributed by atoms with Gasteiger partial charge in [0.05, 0.1) is 46.1 Å². The molecule has 2 spiro atoms. The van der Waals surface area contributed by atoms with Gasteiger partial charge in [-0.25, -0.2) is 0 Å². The first-order chi connectivity index (χ1) is 15.3. The van der Waals surface area contributed by atoms with Crippen molar-refractivity contribution in [2.24, 2.45) is 10.8 Å². The predicted molar refractivity (Wildman–Crippen MR) is 121 cm³/mol. The maximum Gasteiger partial charge on any atom is 0.174 e. The zero-order valence-corrected chi connectivity index (χ0v) is 20.1. The third-order valence-electron chi connectivity index (χ3n) is 8.39. The molecule has 0 aromatic heterocycles. The molecule has 2 N–H and O–H groups in total. The molecule has 0 radical (unpaired) electrons. The van der Waals surface area contributed by atoms with Crippen molar-refractivity contribution in [3.05, 3.63) is 34.9 Å². The Morgan fingerprint density at radius 3 is 1.62 bits per heavy atom. The highest BCUT2D eigenvalue weighted by molar-refractivity contribution is 5.33. The highest BCUT2D eigenvalue weighted by atomic mass is 16.7. The fourth-order valence-electron chi connectivity index (χ4n) is 5.19. The number of hydrogen-bond acceptors (Lipinski definition) is 6. The topological polar surface area (TPSA) is 77.4 Å². The number of ether oxygens (including phenoxy) is 4. The molecular formula is C26H40O6. The Kier molecular flexibility index (Phi) is 6.76. The monoisotopic (exact) mass is 448 g/mol. The molecule has 3 fully saturated rings. The summed E-state index contributed by atoms with van der Waals surface area (Å²) in [6.07, 6.45) is 3.56. The molecule has 2 heterocycles. The van der Waals surface area contributed by atoms with Gasteiger partial charge in [-0.2, -0.15) is 0 Å². The van der Waals surface area contributed by atoms with Crippen LogP contribution in [0.2, 0.25) is 0 Å². The van der Waals surface area contributed by atoms with Gasteiger partial charge in [-0.05, 0) is 49.3 Å². The Bertz CT molecular complexity index is 738. The summed E-state index contributed by atoms with van der Waals surface area (Å²) in [6, 6.07) is 6.62. The summed E-state index contributed by atoms with van der Waals surface area (Å²) in [7, 11) is 0. The van der Waals surface area contributed by atoms with Gasteiger partial charge in [0, 0.05) is 23.7 Å². The summed E-state index contributed by atoms with van der Waals surface area (Å²) in [4.78, 5) is 0. The van der Waals surface area contributed by atoms with E-state index in [1.807, 2.05) is 0 Å². The molecule has 6 heteroatoms. The van der Waals surface area contributed by atoms with Crippen LogP contribution < -0.4 is 0 Å². The average Bonchev–Trinajstić information content (AvgIpc) is 2.82. The van der Waals surface area contributed by atoms with Gasteiger partial charge in [0.1, 0.15) is 0 Å². The number of rotatable bonds is 5. The van der Waals surface area contributed by atoms with E-state index in [0.717, 1.165) is 25.7 Å². The molecule has 2 saturated heterocycles. The Morgan fingerprint density at radius 2 is 1.25 bits per heavy atom. The number of aliphatic hydroxyl groups excluding tert-OH is 2. The summed E-state index contributed by atoms with van der Waals surface area (Å²) < 4.78 is 25.8. The number of aryl methyl sites for hydroxylation is 2. The Morgan fingerprint density at radius 1 is 0.781 bits per heavy atom. The zero-order valence-electron chi connectivity index (χ0n) is 20.1. The Labute approximate surface area is 192 Å². The van der Waals surface area contributed by atoms with Crippen molar-refractivity contribution in [2.75, 3.05) is 39.6 Å². The zero-order chi connectivity index (χ0) is 23.0. The molecule has 1 saturated carbocycles. The van der Waals surface area contributed by atoms with Crippen LogP contribution in [0.25, 0.3) is 0 Å². The molecule has 2 aliphatic heterocycles. The van der Waals surface area contributed by atoms with Crippen LogP contribution in [0, 0.1) is 24.7 Å². The molecular weight excluding hydrogens is 408 g/mol. The lowest BCUT2D eigenvalue weighted by atomic mass is 9.74. The molecule has 1 aromatic carbocycles.